The lowest BCUT2D eigenvalue weighted by Gasteiger charge is -2.19. The molecule has 3 rings (SSSR count). The van der Waals surface area contributed by atoms with Crippen molar-refractivity contribution in [2.45, 2.75) is 23.9 Å². The average Bonchev–Trinajstić information content (AvgIpc) is 2.78. The average molecular weight is 526 g/mol. The Labute approximate surface area is 194 Å². The molecule has 182 valence electrons. The molecule has 3 aromatic rings. The molecular weight excluding hydrogens is 512 g/mol. The van der Waals surface area contributed by atoms with Crippen molar-refractivity contribution in [1.29, 1.82) is 0 Å². The standard InChI is InChI=1S/C20H14ClF6N3O3S/c1-2-34(31,32)15-7-13(11-3-5-12(22)6-4-11)18(21)30-17(15)14-8-29-16(9-28-14)33-10-19(23,24)20(25,26)27/h3-9H,2,10H2,1H3. The number of sulfone groups is 1. The number of hydrogen-bond acceptors (Lipinski definition) is 6. The zero-order valence-electron chi connectivity index (χ0n) is 17.1. The highest BCUT2D eigenvalue weighted by Gasteiger charge is 2.58. The van der Waals surface area contributed by atoms with E-state index < -0.39 is 40.2 Å². The van der Waals surface area contributed by atoms with Crippen LogP contribution in [0.15, 0.2) is 47.6 Å². The summed E-state index contributed by atoms with van der Waals surface area (Å²) in [6.07, 6.45) is -4.17. The molecule has 0 spiro atoms. The second kappa shape index (κ2) is 9.37. The van der Waals surface area contributed by atoms with Gasteiger partial charge in [-0.25, -0.2) is 27.8 Å². The van der Waals surface area contributed by atoms with Crippen LogP contribution in [0.25, 0.3) is 22.5 Å². The predicted octanol–water partition coefficient (Wildman–Crippen LogP) is 5.37. The van der Waals surface area contributed by atoms with Gasteiger partial charge in [-0.2, -0.15) is 22.0 Å². The van der Waals surface area contributed by atoms with Gasteiger partial charge in [0.25, 0.3) is 0 Å². The Balaban J connectivity index is 2.00. The quantitative estimate of drug-likeness (QED) is 0.305. The van der Waals surface area contributed by atoms with Crippen LogP contribution in [0.1, 0.15) is 6.92 Å². The van der Waals surface area contributed by atoms with E-state index in [0.29, 0.717) is 5.56 Å². The van der Waals surface area contributed by atoms with E-state index in [1.54, 1.807) is 0 Å². The summed E-state index contributed by atoms with van der Waals surface area (Å²) in [4.78, 5) is 11.2. The molecule has 0 amide bonds. The Bertz CT molecular complexity index is 1280. The Kier molecular flexibility index (Phi) is 7.08. The Hall–Kier alpha value is -2.93. The molecule has 6 nitrogen and oxygen atoms in total. The number of rotatable bonds is 7. The van der Waals surface area contributed by atoms with Crippen molar-refractivity contribution in [3.05, 3.63) is 53.7 Å². The Morgan fingerprint density at radius 1 is 1.03 bits per heavy atom. The van der Waals surface area contributed by atoms with E-state index >= 15 is 0 Å². The molecule has 0 radical (unpaired) electrons. The topological polar surface area (TPSA) is 82.0 Å². The van der Waals surface area contributed by atoms with Gasteiger partial charge in [0.15, 0.2) is 16.4 Å². The largest absolute Gasteiger partial charge is 0.470 e. The Morgan fingerprint density at radius 3 is 2.21 bits per heavy atom. The van der Waals surface area contributed by atoms with E-state index in [0.717, 1.165) is 24.5 Å². The first-order valence-corrected chi connectivity index (χ1v) is 11.4. The lowest BCUT2D eigenvalue weighted by atomic mass is 10.1. The summed E-state index contributed by atoms with van der Waals surface area (Å²) in [5, 5.41) is -0.149. The second-order valence-electron chi connectivity index (χ2n) is 6.81. The van der Waals surface area contributed by atoms with E-state index in [1.165, 1.54) is 25.1 Å². The highest BCUT2D eigenvalue weighted by atomic mass is 35.5. The molecule has 0 aliphatic carbocycles. The van der Waals surface area contributed by atoms with E-state index in [4.69, 9.17) is 11.6 Å². The van der Waals surface area contributed by atoms with Gasteiger partial charge in [-0.15, -0.1) is 0 Å². The van der Waals surface area contributed by atoms with Crippen molar-refractivity contribution in [3.8, 4) is 28.4 Å². The molecule has 2 aromatic heterocycles. The number of ether oxygens (including phenoxy) is 1. The molecule has 0 bridgehead atoms. The van der Waals surface area contributed by atoms with Crippen LogP contribution in [0.3, 0.4) is 0 Å². The monoisotopic (exact) mass is 525 g/mol. The summed E-state index contributed by atoms with van der Waals surface area (Å²) in [6.45, 7) is -0.634. The van der Waals surface area contributed by atoms with Gasteiger partial charge in [0, 0.05) is 5.56 Å². The van der Waals surface area contributed by atoms with Gasteiger partial charge in [0.1, 0.15) is 22.4 Å². The van der Waals surface area contributed by atoms with Crippen LogP contribution in [0.2, 0.25) is 5.15 Å². The van der Waals surface area contributed by atoms with Crippen LogP contribution >= 0.6 is 11.6 Å². The van der Waals surface area contributed by atoms with Crippen molar-refractivity contribution >= 4 is 21.4 Å². The molecule has 0 atom stereocenters. The minimum absolute atomic E-state index is 0.149. The molecule has 0 saturated carbocycles. The first-order valence-electron chi connectivity index (χ1n) is 9.34. The molecule has 34 heavy (non-hydrogen) atoms. The van der Waals surface area contributed by atoms with E-state index in [9.17, 15) is 34.8 Å². The molecule has 0 unspecified atom stereocenters. The van der Waals surface area contributed by atoms with Crippen LogP contribution in [0.4, 0.5) is 26.3 Å². The third-order valence-corrected chi connectivity index (χ3v) is 6.53. The third kappa shape index (κ3) is 5.41. The lowest BCUT2D eigenvalue weighted by molar-refractivity contribution is -0.290. The van der Waals surface area contributed by atoms with Crippen LogP contribution < -0.4 is 4.74 Å². The van der Waals surface area contributed by atoms with Gasteiger partial charge in [-0.05, 0) is 23.8 Å². The number of pyridine rings is 1. The molecule has 2 heterocycles. The molecule has 0 N–H and O–H groups in total. The first-order chi connectivity index (χ1) is 15.7. The molecular formula is C20H14ClF6N3O3S. The number of halogens is 7. The molecule has 0 saturated heterocycles. The van der Waals surface area contributed by atoms with Gasteiger partial charge in [0.05, 0.1) is 23.0 Å². The smallest absolute Gasteiger partial charge is 0.456 e. The van der Waals surface area contributed by atoms with E-state index in [2.05, 4.69) is 19.7 Å². The van der Waals surface area contributed by atoms with Crippen molar-refractivity contribution in [2.75, 3.05) is 12.4 Å². The summed E-state index contributed by atoms with van der Waals surface area (Å²) < 4.78 is 106. The zero-order chi connectivity index (χ0) is 25.3. The highest BCUT2D eigenvalue weighted by Crippen LogP contribution is 2.36. The minimum atomic E-state index is -5.81. The van der Waals surface area contributed by atoms with Gasteiger partial charge in [-0.3, -0.25) is 0 Å². The summed E-state index contributed by atoms with van der Waals surface area (Å²) in [5.74, 6) is -6.60. The lowest BCUT2D eigenvalue weighted by Crippen LogP contribution is -2.41. The van der Waals surface area contributed by atoms with Crippen LogP contribution in [0.5, 0.6) is 5.88 Å². The van der Waals surface area contributed by atoms with E-state index in [1.807, 2.05) is 0 Å². The Morgan fingerprint density at radius 2 is 1.68 bits per heavy atom. The minimum Gasteiger partial charge on any atom is -0.470 e. The summed E-state index contributed by atoms with van der Waals surface area (Å²) >= 11 is 6.23. The fraction of sp³-hybridized carbons (Fsp3) is 0.250. The van der Waals surface area contributed by atoms with Gasteiger partial charge in [0.2, 0.25) is 5.88 Å². The molecule has 0 fully saturated rings. The normalized spacial score (nSPS) is 12.6. The molecule has 0 aliphatic heterocycles. The summed E-state index contributed by atoms with van der Waals surface area (Å²) in [7, 11) is -3.91. The second-order valence-corrected chi connectivity index (χ2v) is 9.42. The van der Waals surface area contributed by atoms with Crippen LogP contribution in [-0.4, -0.2) is 47.8 Å². The maximum absolute atomic E-state index is 13.3. The SMILES string of the molecule is CCS(=O)(=O)c1cc(-c2ccc(F)cc2)c(Cl)nc1-c1cnc(OCC(F)(F)C(F)(F)F)cn1. The van der Waals surface area contributed by atoms with Crippen LogP contribution in [0, 0.1) is 5.82 Å². The van der Waals surface area contributed by atoms with Crippen molar-refractivity contribution < 1.29 is 39.5 Å². The summed E-state index contributed by atoms with van der Waals surface area (Å²) in [5.41, 5.74) is 0.199. The third-order valence-electron chi connectivity index (χ3n) is 4.50. The predicted molar refractivity (Wildman–Crippen MR) is 110 cm³/mol. The van der Waals surface area contributed by atoms with Crippen molar-refractivity contribution in [1.82, 2.24) is 15.0 Å². The summed E-state index contributed by atoms with van der Waals surface area (Å²) in [6, 6.07) is 6.29. The number of hydrogen-bond donors (Lipinski definition) is 0. The number of benzene rings is 1. The molecule has 0 aliphatic rings. The maximum atomic E-state index is 13.3. The fourth-order valence-electron chi connectivity index (χ4n) is 2.64. The van der Waals surface area contributed by atoms with Gasteiger partial charge < -0.3 is 4.74 Å². The number of aromatic nitrogens is 3. The zero-order valence-corrected chi connectivity index (χ0v) is 18.6. The van der Waals surface area contributed by atoms with Crippen molar-refractivity contribution in [3.63, 3.8) is 0 Å². The fourth-order valence-corrected chi connectivity index (χ4v) is 3.94. The number of nitrogens with zero attached hydrogens (tertiary/aromatic N) is 3. The number of alkyl halides is 5. The van der Waals surface area contributed by atoms with Crippen molar-refractivity contribution in [2.24, 2.45) is 0 Å². The highest BCUT2D eigenvalue weighted by molar-refractivity contribution is 7.91. The first kappa shape index (κ1) is 25.7. The van der Waals surface area contributed by atoms with E-state index in [-0.39, 0.29) is 32.8 Å². The van der Waals surface area contributed by atoms with Gasteiger partial charge >= 0.3 is 12.1 Å². The molecule has 1 aromatic carbocycles. The molecule has 14 heteroatoms. The van der Waals surface area contributed by atoms with Crippen LogP contribution in [-0.2, 0) is 9.84 Å². The maximum Gasteiger partial charge on any atom is 0.456 e. The van der Waals surface area contributed by atoms with Gasteiger partial charge in [-0.1, -0.05) is 30.7 Å².